The first-order chi connectivity index (χ1) is 12.1. The number of anilines is 1. The van der Waals surface area contributed by atoms with Gasteiger partial charge in [-0.15, -0.1) is 0 Å². The van der Waals surface area contributed by atoms with Crippen molar-refractivity contribution < 1.29 is 14.6 Å². The number of aromatic nitrogens is 1. The molecular weight excluding hydrogens is 338 g/mol. The number of carbonyl (C=O) groups excluding carboxylic acids is 1. The number of aliphatic hydroxyl groups excluding tert-OH is 1. The van der Waals surface area contributed by atoms with Crippen molar-refractivity contribution in [2.45, 2.75) is 17.2 Å². The van der Waals surface area contributed by atoms with E-state index in [0.717, 1.165) is 23.7 Å². The van der Waals surface area contributed by atoms with Crippen LogP contribution >= 0.6 is 11.8 Å². The first-order valence-corrected chi connectivity index (χ1v) is 9.04. The van der Waals surface area contributed by atoms with Crippen LogP contribution in [0.5, 0.6) is 5.75 Å². The Hall–Kier alpha value is -2.25. The molecule has 2 heterocycles. The quantitative estimate of drug-likeness (QED) is 0.783. The zero-order valence-corrected chi connectivity index (χ0v) is 14.8. The number of hydrogen-bond donors (Lipinski definition) is 2. The van der Waals surface area contributed by atoms with Crippen molar-refractivity contribution in [1.29, 1.82) is 0 Å². The van der Waals surface area contributed by atoms with Gasteiger partial charge >= 0.3 is 0 Å². The van der Waals surface area contributed by atoms with Crippen molar-refractivity contribution in [1.82, 2.24) is 10.3 Å². The minimum absolute atomic E-state index is 0.115. The van der Waals surface area contributed by atoms with Crippen LogP contribution in [0.3, 0.4) is 0 Å². The van der Waals surface area contributed by atoms with Crippen molar-refractivity contribution in [2.24, 2.45) is 0 Å². The molecule has 0 aliphatic carbocycles. The minimum Gasteiger partial charge on any atom is -0.492 e. The first kappa shape index (κ1) is 17.6. The fraction of sp³-hybridized carbons (Fsp3) is 0.333. The van der Waals surface area contributed by atoms with Crippen LogP contribution < -0.4 is 15.0 Å². The maximum atomic E-state index is 11.7. The number of ether oxygens (including phenoxy) is 1. The van der Waals surface area contributed by atoms with E-state index in [9.17, 15) is 9.90 Å². The lowest BCUT2D eigenvalue weighted by Crippen LogP contribution is -2.27. The lowest BCUT2D eigenvalue weighted by Gasteiger charge is -2.18. The van der Waals surface area contributed by atoms with E-state index in [1.165, 1.54) is 11.8 Å². The molecule has 25 heavy (non-hydrogen) atoms. The summed E-state index contributed by atoms with van der Waals surface area (Å²) in [7, 11) is 1.98. The van der Waals surface area contributed by atoms with Crippen LogP contribution in [0.1, 0.15) is 5.56 Å². The Labute approximate surface area is 151 Å². The average Bonchev–Trinajstić information content (AvgIpc) is 2.94. The summed E-state index contributed by atoms with van der Waals surface area (Å²) in [6, 6.07) is 13.5. The third-order valence-corrected chi connectivity index (χ3v) is 5.02. The van der Waals surface area contributed by atoms with Gasteiger partial charge in [-0.25, -0.2) is 4.98 Å². The van der Waals surface area contributed by atoms with Gasteiger partial charge in [0.1, 0.15) is 18.2 Å². The summed E-state index contributed by atoms with van der Waals surface area (Å²) in [6.07, 6.45) is 2.36. The molecule has 1 saturated heterocycles. The average molecular weight is 359 g/mol. The topological polar surface area (TPSA) is 74.7 Å². The Morgan fingerprint density at radius 1 is 1.28 bits per heavy atom. The number of aliphatic hydroxyl groups is 1. The molecule has 2 unspecified atom stereocenters. The van der Waals surface area contributed by atoms with Gasteiger partial charge in [-0.05, 0) is 36.2 Å². The van der Waals surface area contributed by atoms with Crippen LogP contribution in [0, 0.1) is 0 Å². The Bertz CT molecular complexity index is 696. The smallest absolute Gasteiger partial charge is 0.236 e. The summed E-state index contributed by atoms with van der Waals surface area (Å²) < 4.78 is 5.77. The Morgan fingerprint density at radius 2 is 2.08 bits per heavy atom. The third kappa shape index (κ3) is 4.87. The maximum absolute atomic E-state index is 11.7. The normalized spacial score (nSPS) is 19.5. The van der Waals surface area contributed by atoms with Crippen molar-refractivity contribution in [2.75, 3.05) is 25.1 Å². The van der Waals surface area contributed by atoms with E-state index in [4.69, 9.17) is 4.74 Å². The molecule has 1 aliphatic rings. The molecule has 3 rings (SSSR count). The Morgan fingerprint density at radius 3 is 2.72 bits per heavy atom. The van der Waals surface area contributed by atoms with E-state index in [1.54, 1.807) is 6.20 Å². The summed E-state index contributed by atoms with van der Waals surface area (Å²) in [5, 5.41) is 11.7. The highest BCUT2D eigenvalue weighted by atomic mass is 32.2. The second-order valence-electron chi connectivity index (χ2n) is 5.79. The zero-order valence-electron chi connectivity index (χ0n) is 14.0. The van der Waals surface area contributed by atoms with Crippen LogP contribution in [0.4, 0.5) is 5.82 Å². The van der Waals surface area contributed by atoms with E-state index in [-0.39, 0.29) is 11.2 Å². The molecule has 132 valence electrons. The number of pyridine rings is 1. The fourth-order valence-corrected chi connectivity index (χ4v) is 3.51. The molecule has 2 N–H and O–H groups in total. The fourth-order valence-electron chi connectivity index (χ4n) is 2.54. The summed E-state index contributed by atoms with van der Waals surface area (Å²) in [4.78, 5) is 18.0. The number of thioether (sulfide) groups is 1. The lowest BCUT2D eigenvalue weighted by molar-refractivity contribution is -0.121. The molecule has 2 atom stereocenters. The molecule has 1 aromatic carbocycles. The molecule has 7 heteroatoms. The summed E-state index contributed by atoms with van der Waals surface area (Å²) in [5.74, 6) is 1.59. The predicted octanol–water partition coefficient (Wildman–Crippen LogP) is 1.65. The van der Waals surface area contributed by atoms with Crippen molar-refractivity contribution in [3.05, 3.63) is 54.2 Å². The van der Waals surface area contributed by atoms with E-state index < -0.39 is 5.56 Å². The molecule has 1 amide bonds. The number of amides is 1. The van der Waals surface area contributed by atoms with Crippen molar-refractivity contribution >= 4 is 23.5 Å². The van der Waals surface area contributed by atoms with Gasteiger partial charge in [0.25, 0.3) is 0 Å². The van der Waals surface area contributed by atoms with E-state index >= 15 is 0 Å². The SMILES string of the molecule is CN(CCOc1ccc(CC2SC(O)NC2=O)cc1)c1ccccn1. The molecule has 6 nitrogen and oxygen atoms in total. The Kier molecular flexibility index (Phi) is 5.78. The molecule has 2 aromatic rings. The molecule has 1 aliphatic heterocycles. The highest BCUT2D eigenvalue weighted by molar-refractivity contribution is 8.01. The number of nitrogens with zero attached hydrogens (tertiary/aromatic N) is 2. The highest BCUT2D eigenvalue weighted by Gasteiger charge is 2.31. The summed E-state index contributed by atoms with van der Waals surface area (Å²) in [5.41, 5.74) is 0.246. The predicted molar refractivity (Wildman–Crippen MR) is 98.7 cm³/mol. The van der Waals surface area contributed by atoms with E-state index in [1.807, 2.05) is 54.4 Å². The van der Waals surface area contributed by atoms with Gasteiger partial charge < -0.3 is 20.1 Å². The second kappa shape index (κ2) is 8.22. The van der Waals surface area contributed by atoms with Gasteiger partial charge in [0, 0.05) is 13.2 Å². The second-order valence-corrected chi connectivity index (χ2v) is 7.08. The maximum Gasteiger partial charge on any atom is 0.236 e. The van der Waals surface area contributed by atoms with E-state index in [0.29, 0.717) is 13.0 Å². The standard InChI is InChI=1S/C18H21N3O3S/c1-21(16-4-2-3-9-19-16)10-11-24-14-7-5-13(6-8-14)12-15-17(22)20-18(23)25-15/h2-9,15,18,23H,10-12H2,1H3,(H,20,22). The molecular formula is C18H21N3O3S. The van der Waals surface area contributed by atoms with Gasteiger partial charge in [-0.1, -0.05) is 30.0 Å². The lowest BCUT2D eigenvalue weighted by atomic mass is 10.1. The number of nitrogens with one attached hydrogen (secondary N) is 1. The summed E-state index contributed by atoms with van der Waals surface area (Å²) in [6.45, 7) is 1.29. The van der Waals surface area contributed by atoms with Gasteiger partial charge in [0.05, 0.1) is 11.8 Å². The number of benzene rings is 1. The third-order valence-electron chi connectivity index (χ3n) is 3.93. The van der Waals surface area contributed by atoms with Gasteiger partial charge in [0.2, 0.25) is 5.91 Å². The van der Waals surface area contributed by atoms with Gasteiger partial charge in [-0.3, -0.25) is 4.79 Å². The highest BCUT2D eigenvalue weighted by Crippen LogP contribution is 2.25. The van der Waals surface area contributed by atoms with Crippen molar-refractivity contribution in [3.8, 4) is 5.75 Å². The van der Waals surface area contributed by atoms with Gasteiger partial charge in [-0.2, -0.15) is 0 Å². The number of carbonyl (C=O) groups is 1. The number of likely N-dealkylation sites (N-methyl/N-ethyl adjacent to an activating group) is 1. The Balaban J connectivity index is 1.45. The van der Waals surface area contributed by atoms with Crippen LogP contribution in [0.2, 0.25) is 0 Å². The monoisotopic (exact) mass is 359 g/mol. The summed E-state index contributed by atoms with van der Waals surface area (Å²) >= 11 is 1.24. The number of rotatable bonds is 7. The molecule has 1 fully saturated rings. The van der Waals surface area contributed by atoms with Crippen LogP contribution in [-0.2, 0) is 11.2 Å². The van der Waals surface area contributed by atoms with Crippen LogP contribution in [-0.4, -0.2) is 47.0 Å². The molecule has 0 bridgehead atoms. The zero-order chi connectivity index (χ0) is 17.6. The largest absolute Gasteiger partial charge is 0.492 e. The van der Waals surface area contributed by atoms with Gasteiger partial charge in [0.15, 0.2) is 5.56 Å². The molecule has 0 spiro atoms. The minimum atomic E-state index is -0.795. The molecule has 0 saturated carbocycles. The van der Waals surface area contributed by atoms with Crippen molar-refractivity contribution in [3.63, 3.8) is 0 Å². The number of hydrogen-bond acceptors (Lipinski definition) is 6. The van der Waals surface area contributed by atoms with Crippen LogP contribution in [0.15, 0.2) is 48.7 Å². The van der Waals surface area contributed by atoms with E-state index in [2.05, 4.69) is 10.3 Å². The molecule has 1 aromatic heterocycles. The molecule has 0 radical (unpaired) electrons. The van der Waals surface area contributed by atoms with Crippen LogP contribution in [0.25, 0.3) is 0 Å². The first-order valence-electron chi connectivity index (χ1n) is 8.09.